The molecule has 0 aliphatic rings. The molecule has 9 heteroatoms. The number of rotatable bonds is 8. The molecule has 0 unspecified atom stereocenters. The zero-order valence-electron chi connectivity index (χ0n) is 17.5. The number of halogens is 1. The van der Waals surface area contributed by atoms with E-state index in [9.17, 15) is 14.0 Å². The van der Waals surface area contributed by atoms with E-state index >= 15 is 0 Å². The summed E-state index contributed by atoms with van der Waals surface area (Å²) in [6, 6.07) is 7.76. The number of aromatic nitrogens is 3. The Hall–Kier alpha value is -3.59. The predicted octanol–water partition coefficient (Wildman–Crippen LogP) is 4.79. The molecule has 0 fully saturated rings. The molecule has 0 aliphatic carbocycles. The van der Waals surface area contributed by atoms with Gasteiger partial charge in [0.2, 0.25) is 5.78 Å². The van der Waals surface area contributed by atoms with Crippen molar-refractivity contribution in [1.29, 1.82) is 0 Å². The number of fused-ring (bicyclic) bond motifs is 1. The minimum atomic E-state index is -0.926. The lowest BCUT2D eigenvalue weighted by molar-refractivity contribution is -0.153. The number of aryl methyl sites for hydroxylation is 1. The van der Waals surface area contributed by atoms with Gasteiger partial charge in [-0.2, -0.15) is 0 Å². The lowest BCUT2D eigenvalue weighted by atomic mass is 10.1. The average molecular weight is 453 g/mol. The third-order valence-electron chi connectivity index (χ3n) is 4.71. The Morgan fingerprint density at radius 2 is 1.97 bits per heavy atom. The Labute approximate surface area is 187 Å². The summed E-state index contributed by atoms with van der Waals surface area (Å²) in [5, 5.41) is 0. The Morgan fingerprint density at radius 3 is 2.69 bits per heavy atom. The molecule has 0 amide bonds. The van der Waals surface area contributed by atoms with Crippen molar-refractivity contribution < 1.29 is 23.5 Å². The van der Waals surface area contributed by atoms with E-state index in [1.165, 1.54) is 23.5 Å². The highest BCUT2D eigenvalue weighted by Gasteiger charge is 2.18. The van der Waals surface area contributed by atoms with Gasteiger partial charge in [-0.05, 0) is 37.6 Å². The van der Waals surface area contributed by atoms with Crippen molar-refractivity contribution in [3.63, 3.8) is 0 Å². The number of benzene rings is 1. The molecule has 0 saturated carbocycles. The summed E-state index contributed by atoms with van der Waals surface area (Å²) in [7, 11) is 0. The summed E-state index contributed by atoms with van der Waals surface area (Å²) in [5.41, 5.74) is 1.92. The van der Waals surface area contributed by atoms with Gasteiger partial charge in [0.15, 0.2) is 11.6 Å². The van der Waals surface area contributed by atoms with Crippen LogP contribution in [0.2, 0.25) is 0 Å². The average Bonchev–Trinajstić information content (AvgIpc) is 3.43. The highest BCUT2D eigenvalue weighted by molar-refractivity contribution is 7.22. The third-order valence-corrected chi connectivity index (χ3v) is 5.87. The van der Waals surface area contributed by atoms with Crippen LogP contribution in [0.3, 0.4) is 0 Å². The molecule has 3 heterocycles. The molecular weight excluding hydrogens is 433 g/mol. The number of hydrogen-bond donors (Lipinski definition) is 0. The lowest BCUT2D eigenvalue weighted by Gasteiger charge is -2.09. The van der Waals surface area contributed by atoms with Gasteiger partial charge < -0.3 is 14.0 Å². The Kier molecular flexibility index (Phi) is 6.27. The maximum Gasteiger partial charge on any atom is 0.374 e. The number of pyridine rings is 1. The Balaban J connectivity index is 1.56. The standard InChI is InChI=1S/C23H20FN3O4S/c1-3-27-12-17(26-13-27)21-11-16-22(32-21)20(7-8-25-16)31-19-6-5-14(9-15(19)24)10-18(28)23(29)30-4-2/h5-9,11-13H,3-4,10H2,1-2H3. The zero-order chi connectivity index (χ0) is 22.7. The van der Waals surface area contributed by atoms with Gasteiger partial charge in [-0.25, -0.2) is 14.2 Å². The lowest BCUT2D eigenvalue weighted by Crippen LogP contribution is -2.19. The number of nitrogens with zero attached hydrogens (tertiary/aromatic N) is 3. The molecule has 1 aromatic carbocycles. The monoisotopic (exact) mass is 453 g/mol. The van der Waals surface area contributed by atoms with Crippen LogP contribution in [0.5, 0.6) is 11.5 Å². The number of ketones is 1. The molecule has 0 bridgehead atoms. The Bertz CT molecular complexity index is 1300. The molecule has 7 nitrogen and oxygen atoms in total. The normalized spacial score (nSPS) is 11.0. The van der Waals surface area contributed by atoms with E-state index in [0.717, 1.165) is 27.3 Å². The first kappa shape index (κ1) is 21.6. The van der Waals surface area contributed by atoms with Crippen LogP contribution in [0.25, 0.3) is 20.8 Å². The van der Waals surface area contributed by atoms with Crippen molar-refractivity contribution in [2.24, 2.45) is 0 Å². The first-order valence-electron chi connectivity index (χ1n) is 10.1. The maximum absolute atomic E-state index is 14.7. The summed E-state index contributed by atoms with van der Waals surface area (Å²) >= 11 is 1.46. The summed E-state index contributed by atoms with van der Waals surface area (Å²) in [6.45, 7) is 4.58. The molecule has 0 saturated heterocycles. The quantitative estimate of drug-likeness (QED) is 0.282. The van der Waals surface area contributed by atoms with Gasteiger partial charge in [-0.1, -0.05) is 6.07 Å². The molecular formula is C23H20FN3O4S. The molecule has 32 heavy (non-hydrogen) atoms. The number of carbonyl (C=O) groups is 2. The first-order valence-corrected chi connectivity index (χ1v) is 10.9. The molecule has 4 aromatic rings. The molecule has 164 valence electrons. The minimum Gasteiger partial charge on any atom is -0.460 e. The molecule has 4 rings (SSSR count). The largest absolute Gasteiger partial charge is 0.460 e. The van der Waals surface area contributed by atoms with Crippen LogP contribution in [0.4, 0.5) is 4.39 Å². The second-order valence-electron chi connectivity index (χ2n) is 6.91. The number of esters is 1. The van der Waals surface area contributed by atoms with E-state index in [-0.39, 0.29) is 18.8 Å². The smallest absolute Gasteiger partial charge is 0.374 e. The van der Waals surface area contributed by atoms with Gasteiger partial charge in [0.25, 0.3) is 0 Å². The fourth-order valence-corrected chi connectivity index (χ4v) is 4.13. The van der Waals surface area contributed by atoms with Crippen molar-refractivity contribution in [1.82, 2.24) is 14.5 Å². The van der Waals surface area contributed by atoms with E-state index in [1.54, 1.807) is 31.6 Å². The Morgan fingerprint density at radius 1 is 1.12 bits per heavy atom. The van der Waals surface area contributed by atoms with Gasteiger partial charge in [0, 0.05) is 31.4 Å². The van der Waals surface area contributed by atoms with E-state index in [2.05, 4.69) is 14.7 Å². The second kappa shape index (κ2) is 9.27. The minimum absolute atomic E-state index is 0.00930. The van der Waals surface area contributed by atoms with E-state index in [0.29, 0.717) is 11.3 Å². The van der Waals surface area contributed by atoms with Crippen LogP contribution >= 0.6 is 11.3 Å². The number of carbonyl (C=O) groups excluding carboxylic acids is 2. The van der Waals surface area contributed by atoms with Crippen molar-refractivity contribution >= 4 is 33.3 Å². The van der Waals surface area contributed by atoms with Crippen LogP contribution in [0, 0.1) is 5.82 Å². The van der Waals surface area contributed by atoms with E-state index in [4.69, 9.17) is 4.74 Å². The number of hydrogen-bond acceptors (Lipinski definition) is 7. The van der Waals surface area contributed by atoms with Crippen molar-refractivity contribution in [3.05, 3.63) is 60.4 Å². The number of ether oxygens (including phenoxy) is 2. The maximum atomic E-state index is 14.7. The highest BCUT2D eigenvalue weighted by Crippen LogP contribution is 2.39. The van der Waals surface area contributed by atoms with Crippen molar-refractivity contribution in [2.45, 2.75) is 26.8 Å². The number of imidazole rings is 1. The van der Waals surface area contributed by atoms with Gasteiger partial charge in [0.1, 0.15) is 5.75 Å². The second-order valence-corrected chi connectivity index (χ2v) is 7.96. The zero-order valence-corrected chi connectivity index (χ0v) is 18.3. The summed E-state index contributed by atoms with van der Waals surface area (Å²) in [4.78, 5) is 33.1. The number of Topliss-reactive ketones (excluding diaryl/α,β-unsaturated/α-hetero) is 1. The van der Waals surface area contributed by atoms with Gasteiger partial charge in [-0.3, -0.25) is 9.78 Å². The fraction of sp³-hybridized carbons (Fsp3) is 0.217. The summed E-state index contributed by atoms with van der Waals surface area (Å²) in [6.07, 6.45) is 5.09. The van der Waals surface area contributed by atoms with Crippen LogP contribution in [0.15, 0.2) is 49.1 Å². The van der Waals surface area contributed by atoms with Crippen molar-refractivity contribution in [2.75, 3.05) is 6.61 Å². The molecule has 0 radical (unpaired) electrons. The van der Waals surface area contributed by atoms with E-state index in [1.807, 2.05) is 23.8 Å². The summed E-state index contributed by atoms with van der Waals surface area (Å²) < 4.78 is 27.9. The van der Waals surface area contributed by atoms with Gasteiger partial charge in [0.05, 0.1) is 33.7 Å². The van der Waals surface area contributed by atoms with Crippen molar-refractivity contribution in [3.8, 4) is 22.1 Å². The molecule has 3 aromatic heterocycles. The summed E-state index contributed by atoms with van der Waals surface area (Å²) in [5.74, 6) is -1.81. The SMILES string of the molecule is CCOC(=O)C(=O)Cc1ccc(Oc2ccnc3cc(-c4cn(CC)cn4)sc23)c(F)c1. The van der Waals surface area contributed by atoms with Crippen LogP contribution in [0.1, 0.15) is 19.4 Å². The first-order chi connectivity index (χ1) is 15.5. The van der Waals surface area contributed by atoms with Crippen LogP contribution in [-0.4, -0.2) is 32.9 Å². The van der Waals surface area contributed by atoms with E-state index < -0.39 is 17.6 Å². The van der Waals surface area contributed by atoms with Gasteiger partial charge in [-0.15, -0.1) is 11.3 Å². The van der Waals surface area contributed by atoms with Crippen LogP contribution < -0.4 is 4.74 Å². The fourth-order valence-electron chi connectivity index (χ4n) is 3.11. The number of thiophene rings is 1. The van der Waals surface area contributed by atoms with Gasteiger partial charge >= 0.3 is 5.97 Å². The third kappa shape index (κ3) is 4.52. The molecule has 0 N–H and O–H groups in total. The molecule has 0 atom stereocenters. The topological polar surface area (TPSA) is 83.3 Å². The van der Waals surface area contributed by atoms with Crippen LogP contribution in [-0.2, 0) is 27.3 Å². The highest BCUT2D eigenvalue weighted by atomic mass is 32.1. The molecule has 0 aliphatic heterocycles. The molecule has 0 spiro atoms. The predicted molar refractivity (Wildman–Crippen MR) is 118 cm³/mol.